The Hall–Kier alpha value is -1.76. The average molecular weight is 313 g/mol. The number of morpholine rings is 1. The maximum atomic E-state index is 5.89. The number of para-hydroxylation sites is 1. The zero-order chi connectivity index (χ0) is 15.5. The molecule has 2 fully saturated rings. The molecule has 1 aromatic carbocycles. The molecule has 1 N–H and O–H groups in total. The van der Waals surface area contributed by atoms with Gasteiger partial charge < -0.3 is 10.1 Å². The third-order valence-corrected chi connectivity index (χ3v) is 4.58. The van der Waals surface area contributed by atoms with E-state index in [4.69, 9.17) is 4.74 Å². The highest BCUT2D eigenvalue weighted by Gasteiger charge is 2.32. The molecule has 0 radical (unpaired) electrons. The summed E-state index contributed by atoms with van der Waals surface area (Å²) in [6, 6.07) is 9.11. The van der Waals surface area contributed by atoms with Crippen molar-refractivity contribution in [3.05, 3.63) is 42.5 Å². The fourth-order valence-corrected chi connectivity index (χ4v) is 3.22. The topological polar surface area (TPSA) is 55.2 Å². The van der Waals surface area contributed by atoms with Crippen molar-refractivity contribution in [1.29, 1.82) is 0 Å². The standard InChI is InChI=1S/C17H23N5O/c1-2-4-17(22-13-19-12-20-22)14(3-1)9-18-10-16-11-21(7-8-23-16)15-5-6-15/h1-4,12-13,15-16,18H,5-11H2/t16-/m0/s1. The Kier molecular flexibility index (Phi) is 4.37. The second-order valence-electron chi connectivity index (χ2n) is 6.32. The van der Waals surface area contributed by atoms with E-state index in [2.05, 4.69) is 38.5 Å². The van der Waals surface area contributed by atoms with E-state index < -0.39 is 0 Å². The summed E-state index contributed by atoms with van der Waals surface area (Å²) in [5.41, 5.74) is 2.29. The molecule has 1 atom stereocenters. The van der Waals surface area contributed by atoms with Gasteiger partial charge in [-0.2, -0.15) is 5.10 Å². The van der Waals surface area contributed by atoms with Gasteiger partial charge in [-0.1, -0.05) is 18.2 Å². The number of aromatic nitrogens is 3. The van der Waals surface area contributed by atoms with Crippen LogP contribution >= 0.6 is 0 Å². The number of hydrogen-bond acceptors (Lipinski definition) is 5. The van der Waals surface area contributed by atoms with Crippen molar-refractivity contribution in [1.82, 2.24) is 25.0 Å². The molecule has 2 aromatic rings. The highest BCUT2D eigenvalue weighted by atomic mass is 16.5. The molecule has 1 saturated carbocycles. The van der Waals surface area contributed by atoms with Crippen LogP contribution in [0.2, 0.25) is 0 Å². The number of benzene rings is 1. The fourth-order valence-electron chi connectivity index (χ4n) is 3.22. The highest BCUT2D eigenvalue weighted by Crippen LogP contribution is 2.28. The number of rotatable bonds is 6. The molecule has 23 heavy (non-hydrogen) atoms. The van der Waals surface area contributed by atoms with Crippen LogP contribution in [-0.2, 0) is 11.3 Å². The summed E-state index contributed by atoms with van der Waals surface area (Å²) in [4.78, 5) is 6.61. The van der Waals surface area contributed by atoms with Gasteiger partial charge in [-0.15, -0.1) is 0 Å². The summed E-state index contributed by atoms with van der Waals surface area (Å²) < 4.78 is 7.70. The summed E-state index contributed by atoms with van der Waals surface area (Å²) in [5.74, 6) is 0. The van der Waals surface area contributed by atoms with Crippen molar-refractivity contribution in [3.8, 4) is 5.69 Å². The van der Waals surface area contributed by atoms with Gasteiger partial charge in [-0.05, 0) is 24.5 Å². The van der Waals surface area contributed by atoms with E-state index in [0.717, 1.165) is 44.5 Å². The Morgan fingerprint density at radius 2 is 2.17 bits per heavy atom. The van der Waals surface area contributed by atoms with E-state index in [1.165, 1.54) is 18.4 Å². The minimum atomic E-state index is 0.294. The second-order valence-corrected chi connectivity index (χ2v) is 6.32. The maximum Gasteiger partial charge on any atom is 0.138 e. The molecule has 0 unspecified atom stereocenters. The van der Waals surface area contributed by atoms with Crippen LogP contribution in [0.25, 0.3) is 5.69 Å². The fraction of sp³-hybridized carbons (Fsp3) is 0.529. The molecule has 1 aliphatic heterocycles. The first-order chi connectivity index (χ1) is 11.4. The van der Waals surface area contributed by atoms with Crippen LogP contribution in [0.15, 0.2) is 36.9 Å². The molecule has 2 heterocycles. The maximum absolute atomic E-state index is 5.89. The van der Waals surface area contributed by atoms with Gasteiger partial charge in [0.05, 0.1) is 18.4 Å². The minimum Gasteiger partial charge on any atom is -0.374 e. The predicted molar refractivity (Wildman–Crippen MR) is 87.4 cm³/mol. The van der Waals surface area contributed by atoms with Gasteiger partial charge in [0, 0.05) is 32.2 Å². The van der Waals surface area contributed by atoms with Crippen LogP contribution in [0.5, 0.6) is 0 Å². The average Bonchev–Trinajstić information content (AvgIpc) is 3.31. The first-order valence-electron chi connectivity index (χ1n) is 8.39. The molecule has 0 bridgehead atoms. The van der Waals surface area contributed by atoms with E-state index >= 15 is 0 Å². The van der Waals surface area contributed by atoms with Crippen LogP contribution in [0.3, 0.4) is 0 Å². The smallest absolute Gasteiger partial charge is 0.138 e. The molecular formula is C17H23N5O. The third-order valence-electron chi connectivity index (χ3n) is 4.58. The Balaban J connectivity index is 1.33. The van der Waals surface area contributed by atoms with Crippen LogP contribution in [0, 0.1) is 0 Å². The molecule has 1 saturated heterocycles. The molecule has 2 aliphatic rings. The quantitative estimate of drug-likeness (QED) is 0.869. The lowest BCUT2D eigenvalue weighted by molar-refractivity contribution is -0.0301. The van der Waals surface area contributed by atoms with Gasteiger partial charge in [0.15, 0.2) is 0 Å². The van der Waals surface area contributed by atoms with Crippen molar-refractivity contribution < 1.29 is 4.74 Å². The lowest BCUT2D eigenvalue weighted by Gasteiger charge is -2.33. The summed E-state index contributed by atoms with van der Waals surface area (Å²) in [7, 11) is 0. The third kappa shape index (κ3) is 3.60. The number of hydrogen-bond donors (Lipinski definition) is 1. The summed E-state index contributed by atoms with van der Waals surface area (Å²) in [6.07, 6.45) is 6.32. The first kappa shape index (κ1) is 14.8. The molecule has 4 rings (SSSR count). The van der Waals surface area contributed by atoms with Crippen molar-refractivity contribution >= 4 is 0 Å². The molecule has 0 spiro atoms. The SMILES string of the molecule is c1ccc(-n2cncn2)c(CNC[C@H]2CN(C3CC3)CCO2)c1. The molecular weight excluding hydrogens is 290 g/mol. The number of ether oxygens (including phenoxy) is 1. The van der Waals surface area contributed by atoms with E-state index in [1.54, 1.807) is 12.7 Å². The van der Waals surface area contributed by atoms with Gasteiger partial charge in [0.1, 0.15) is 12.7 Å². The Morgan fingerprint density at radius 1 is 1.26 bits per heavy atom. The summed E-state index contributed by atoms with van der Waals surface area (Å²) >= 11 is 0. The van der Waals surface area contributed by atoms with Crippen LogP contribution < -0.4 is 5.32 Å². The molecule has 6 heteroatoms. The van der Waals surface area contributed by atoms with Gasteiger partial charge >= 0.3 is 0 Å². The Morgan fingerprint density at radius 3 is 3.00 bits per heavy atom. The molecule has 1 aromatic heterocycles. The van der Waals surface area contributed by atoms with Gasteiger partial charge in [0.2, 0.25) is 0 Å². The van der Waals surface area contributed by atoms with E-state index in [0.29, 0.717) is 6.10 Å². The monoisotopic (exact) mass is 313 g/mol. The molecule has 6 nitrogen and oxygen atoms in total. The minimum absolute atomic E-state index is 0.294. The summed E-state index contributed by atoms with van der Waals surface area (Å²) in [6.45, 7) is 4.70. The zero-order valence-corrected chi connectivity index (χ0v) is 13.3. The largest absolute Gasteiger partial charge is 0.374 e. The van der Waals surface area contributed by atoms with Crippen LogP contribution in [0.4, 0.5) is 0 Å². The Labute approximate surface area is 136 Å². The molecule has 0 amide bonds. The lowest BCUT2D eigenvalue weighted by Crippen LogP contribution is -2.47. The predicted octanol–water partition coefficient (Wildman–Crippen LogP) is 1.22. The molecule has 1 aliphatic carbocycles. The normalized spacial score (nSPS) is 22.3. The van der Waals surface area contributed by atoms with E-state index in [1.807, 2.05) is 10.7 Å². The van der Waals surface area contributed by atoms with Crippen molar-refractivity contribution in [2.24, 2.45) is 0 Å². The number of nitrogens with one attached hydrogen (secondary N) is 1. The highest BCUT2D eigenvalue weighted by molar-refractivity contribution is 5.39. The van der Waals surface area contributed by atoms with Gasteiger partial charge in [-0.3, -0.25) is 4.90 Å². The van der Waals surface area contributed by atoms with Crippen molar-refractivity contribution in [2.75, 3.05) is 26.2 Å². The first-order valence-corrected chi connectivity index (χ1v) is 8.39. The Bertz CT molecular complexity index is 626. The molecule has 122 valence electrons. The van der Waals surface area contributed by atoms with E-state index in [-0.39, 0.29) is 0 Å². The van der Waals surface area contributed by atoms with Crippen molar-refractivity contribution in [2.45, 2.75) is 31.5 Å². The van der Waals surface area contributed by atoms with Gasteiger partial charge in [0.25, 0.3) is 0 Å². The number of nitrogens with zero attached hydrogens (tertiary/aromatic N) is 4. The zero-order valence-electron chi connectivity index (χ0n) is 13.3. The van der Waals surface area contributed by atoms with Crippen LogP contribution in [-0.4, -0.2) is 58.1 Å². The lowest BCUT2D eigenvalue weighted by atomic mass is 10.1. The van der Waals surface area contributed by atoms with Gasteiger partial charge in [-0.25, -0.2) is 9.67 Å². The van der Waals surface area contributed by atoms with Crippen molar-refractivity contribution in [3.63, 3.8) is 0 Å². The second kappa shape index (κ2) is 6.78. The van der Waals surface area contributed by atoms with E-state index in [9.17, 15) is 0 Å². The van der Waals surface area contributed by atoms with Crippen LogP contribution in [0.1, 0.15) is 18.4 Å². The summed E-state index contributed by atoms with van der Waals surface area (Å²) in [5, 5.41) is 7.77.